The minimum absolute atomic E-state index is 0.0977. The summed E-state index contributed by atoms with van der Waals surface area (Å²) in [4.78, 5) is 10.5. The Hall–Kier alpha value is -1.16. The van der Waals surface area contributed by atoms with E-state index in [1.807, 2.05) is 13.8 Å². The van der Waals surface area contributed by atoms with Gasteiger partial charge in [0.15, 0.2) is 0 Å². The second-order valence-electron chi connectivity index (χ2n) is 4.69. The lowest BCUT2D eigenvalue weighted by atomic mass is 9.86. The van der Waals surface area contributed by atoms with Gasteiger partial charge in [0.1, 0.15) is 16.1 Å². The van der Waals surface area contributed by atoms with Gasteiger partial charge in [-0.3, -0.25) is 4.79 Å². The lowest BCUT2D eigenvalue weighted by Gasteiger charge is -2.24. The summed E-state index contributed by atoms with van der Waals surface area (Å²) in [6.45, 7) is 3.76. The normalized spacial score (nSPS) is 12.4. The van der Waals surface area contributed by atoms with Crippen LogP contribution in [-0.4, -0.2) is 26.7 Å². The third-order valence-electron chi connectivity index (χ3n) is 2.45. The molecule has 0 saturated carbocycles. The van der Waals surface area contributed by atoms with Crippen molar-refractivity contribution in [3.63, 3.8) is 0 Å². The number of carbonyl (C=O) groups excluding carboxylic acids is 1. The standard InChI is InChI=1S/C12H16O3S/c1-12(2,9-16(3,14)15)11-6-4-10(8-13)5-7-11/h4-8H,9H2,1-3H3. The number of rotatable bonds is 4. The lowest BCUT2D eigenvalue weighted by molar-refractivity contribution is 0.112. The van der Waals surface area contributed by atoms with Crippen molar-refractivity contribution in [2.45, 2.75) is 19.3 Å². The fraction of sp³-hybridized carbons (Fsp3) is 0.417. The summed E-state index contributed by atoms with van der Waals surface area (Å²) in [5, 5.41) is 0. The molecule has 0 N–H and O–H groups in total. The molecule has 0 radical (unpaired) electrons. The average molecular weight is 240 g/mol. The molecule has 0 aliphatic heterocycles. The van der Waals surface area contributed by atoms with Gasteiger partial charge in [-0.25, -0.2) is 8.42 Å². The Balaban J connectivity index is 3.02. The smallest absolute Gasteiger partial charge is 0.150 e. The van der Waals surface area contributed by atoms with Crippen molar-refractivity contribution < 1.29 is 13.2 Å². The van der Waals surface area contributed by atoms with E-state index in [1.165, 1.54) is 6.26 Å². The topological polar surface area (TPSA) is 51.2 Å². The highest BCUT2D eigenvalue weighted by Crippen LogP contribution is 2.24. The van der Waals surface area contributed by atoms with Gasteiger partial charge in [-0.2, -0.15) is 0 Å². The summed E-state index contributed by atoms with van der Waals surface area (Å²) in [7, 11) is -3.02. The maximum Gasteiger partial charge on any atom is 0.150 e. The molecule has 0 aromatic heterocycles. The Morgan fingerprint density at radius 2 is 1.69 bits per heavy atom. The van der Waals surface area contributed by atoms with Crippen LogP contribution in [0.3, 0.4) is 0 Å². The number of benzene rings is 1. The summed E-state index contributed by atoms with van der Waals surface area (Å²) in [6, 6.07) is 7.00. The highest BCUT2D eigenvalue weighted by Gasteiger charge is 2.25. The van der Waals surface area contributed by atoms with Gasteiger partial charge in [0, 0.05) is 17.2 Å². The van der Waals surface area contributed by atoms with E-state index < -0.39 is 15.3 Å². The third kappa shape index (κ3) is 3.45. The maximum atomic E-state index is 11.3. The van der Waals surface area contributed by atoms with Crippen LogP contribution in [0.2, 0.25) is 0 Å². The van der Waals surface area contributed by atoms with Crippen LogP contribution in [0.4, 0.5) is 0 Å². The predicted octanol–water partition coefficient (Wildman–Crippen LogP) is 1.82. The number of sulfone groups is 1. The highest BCUT2D eigenvalue weighted by molar-refractivity contribution is 7.90. The molecule has 1 aromatic rings. The summed E-state index contributed by atoms with van der Waals surface area (Å²) >= 11 is 0. The van der Waals surface area contributed by atoms with Gasteiger partial charge in [0.25, 0.3) is 0 Å². The lowest BCUT2D eigenvalue weighted by Crippen LogP contribution is -2.27. The third-order valence-corrected chi connectivity index (χ3v) is 3.70. The van der Waals surface area contributed by atoms with E-state index >= 15 is 0 Å². The molecule has 0 fully saturated rings. The molecule has 0 aliphatic carbocycles. The van der Waals surface area contributed by atoms with Crippen LogP contribution in [0.15, 0.2) is 24.3 Å². The average Bonchev–Trinajstić information content (AvgIpc) is 2.14. The van der Waals surface area contributed by atoms with Crippen LogP contribution in [0, 0.1) is 0 Å². The molecule has 0 amide bonds. The molecular weight excluding hydrogens is 224 g/mol. The van der Waals surface area contributed by atoms with E-state index in [1.54, 1.807) is 24.3 Å². The van der Waals surface area contributed by atoms with Crippen molar-refractivity contribution in [1.29, 1.82) is 0 Å². The monoisotopic (exact) mass is 240 g/mol. The number of carbonyl (C=O) groups is 1. The molecule has 0 atom stereocenters. The quantitative estimate of drug-likeness (QED) is 0.754. The van der Waals surface area contributed by atoms with Crippen molar-refractivity contribution in [3.05, 3.63) is 35.4 Å². The Labute approximate surface area is 96.4 Å². The van der Waals surface area contributed by atoms with E-state index in [9.17, 15) is 13.2 Å². The molecule has 4 heteroatoms. The van der Waals surface area contributed by atoms with Gasteiger partial charge in [0.05, 0.1) is 5.75 Å². The maximum absolute atomic E-state index is 11.3. The van der Waals surface area contributed by atoms with E-state index in [0.29, 0.717) is 5.56 Å². The summed E-state index contributed by atoms with van der Waals surface area (Å²) in [6.07, 6.45) is 2.00. The van der Waals surface area contributed by atoms with Gasteiger partial charge in [-0.1, -0.05) is 38.1 Å². The zero-order chi connectivity index (χ0) is 12.4. The Morgan fingerprint density at radius 3 is 2.06 bits per heavy atom. The van der Waals surface area contributed by atoms with Gasteiger partial charge in [-0.15, -0.1) is 0 Å². The Kier molecular flexibility index (Phi) is 3.53. The van der Waals surface area contributed by atoms with Crippen molar-refractivity contribution >= 4 is 16.1 Å². The molecule has 0 heterocycles. The first-order valence-corrected chi connectivity index (χ1v) is 7.04. The molecular formula is C12H16O3S. The van der Waals surface area contributed by atoms with Crippen LogP contribution in [0.5, 0.6) is 0 Å². The predicted molar refractivity (Wildman–Crippen MR) is 64.6 cm³/mol. The van der Waals surface area contributed by atoms with Crippen molar-refractivity contribution in [1.82, 2.24) is 0 Å². The SMILES string of the molecule is CC(C)(CS(C)(=O)=O)c1ccc(C=O)cc1. The zero-order valence-electron chi connectivity index (χ0n) is 9.73. The summed E-state index contributed by atoms with van der Waals surface area (Å²) < 4.78 is 22.6. The highest BCUT2D eigenvalue weighted by atomic mass is 32.2. The zero-order valence-corrected chi connectivity index (χ0v) is 10.5. The van der Waals surface area contributed by atoms with Crippen molar-refractivity contribution in [3.8, 4) is 0 Å². The van der Waals surface area contributed by atoms with Crippen LogP contribution in [-0.2, 0) is 15.3 Å². The molecule has 16 heavy (non-hydrogen) atoms. The van der Waals surface area contributed by atoms with E-state index in [-0.39, 0.29) is 5.75 Å². The molecule has 88 valence electrons. The molecule has 0 spiro atoms. The summed E-state index contributed by atoms with van der Waals surface area (Å²) in [5.41, 5.74) is 1.08. The minimum atomic E-state index is -3.02. The minimum Gasteiger partial charge on any atom is -0.298 e. The van der Waals surface area contributed by atoms with Crippen molar-refractivity contribution in [2.75, 3.05) is 12.0 Å². The van der Waals surface area contributed by atoms with Crippen LogP contribution < -0.4 is 0 Å². The van der Waals surface area contributed by atoms with Crippen LogP contribution in [0.1, 0.15) is 29.8 Å². The fourth-order valence-electron chi connectivity index (χ4n) is 1.75. The molecule has 1 rings (SSSR count). The van der Waals surface area contributed by atoms with Crippen LogP contribution in [0.25, 0.3) is 0 Å². The first-order valence-electron chi connectivity index (χ1n) is 4.98. The van der Waals surface area contributed by atoms with Crippen molar-refractivity contribution in [2.24, 2.45) is 0 Å². The van der Waals surface area contributed by atoms with Gasteiger partial charge in [-0.05, 0) is 5.56 Å². The first-order chi connectivity index (χ1) is 7.24. The molecule has 3 nitrogen and oxygen atoms in total. The number of aldehydes is 1. The molecule has 0 unspecified atom stereocenters. The Morgan fingerprint density at radius 1 is 1.19 bits per heavy atom. The number of hydrogen-bond donors (Lipinski definition) is 0. The molecule has 1 aromatic carbocycles. The molecule has 0 aliphatic rings. The van der Waals surface area contributed by atoms with Crippen LogP contribution >= 0.6 is 0 Å². The molecule has 0 saturated heterocycles. The second kappa shape index (κ2) is 4.37. The largest absolute Gasteiger partial charge is 0.298 e. The fourth-order valence-corrected chi connectivity index (χ4v) is 3.23. The van der Waals surface area contributed by atoms with Gasteiger partial charge < -0.3 is 0 Å². The van der Waals surface area contributed by atoms with Gasteiger partial charge >= 0.3 is 0 Å². The van der Waals surface area contributed by atoms with E-state index in [4.69, 9.17) is 0 Å². The first kappa shape index (κ1) is 12.9. The van der Waals surface area contributed by atoms with E-state index in [0.717, 1.165) is 11.8 Å². The Bertz CT molecular complexity index is 469. The van der Waals surface area contributed by atoms with E-state index in [2.05, 4.69) is 0 Å². The second-order valence-corrected chi connectivity index (χ2v) is 6.83. The van der Waals surface area contributed by atoms with Gasteiger partial charge in [0.2, 0.25) is 0 Å². The summed E-state index contributed by atoms with van der Waals surface area (Å²) in [5.74, 6) is 0.0977. The number of hydrogen-bond acceptors (Lipinski definition) is 3. The molecule has 0 bridgehead atoms.